The number of anilines is 1. The van der Waals surface area contributed by atoms with E-state index in [9.17, 15) is 9.18 Å². The van der Waals surface area contributed by atoms with Gasteiger partial charge in [-0.15, -0.1) is 0 Å². The molecule has 0 bridgehead atoms. The van der Waals surface area contributed by atoms with Crippen LogP contribution in [0.3, 0.4) is 0 Å². The van der Waals surface area contributed by atoms with Gasteiger partial charge in [-0.3, -0.25) is 4.79 Å². The topological polar surface area (TPSA) is 61.6 Å². The van der Waals surface area contributed by atoms with E-state index >= 15 is 0 Å². The first-order chi connectivity index (χ1) is 15.1. The number of para-hydroxylation sites is 1. The second kappa shape index (κ2) is 7.96. The minimum atomic E-state index is -0.449. The van der Waals surface area contributed by atoms with Gasteiger partial charge in [0.25, 0.3) is 0 Å². The summed E-state index contributed by atoms with van der Waals surface area (Å²) in [5, 5.41) is 8.08. The van der Waals surface area contributed by atoms with Gasteiger partial charge < -0.3 is 19.6 Å². The summed E-state index contributed by atoms with van der Waals surface area (Å²) in [4.78, 5) is 17.5. The maximum atomic E-state index is 13.3. The first-order valence-corrected chi connectivity index (χ1v) is 10.9. The van der Waals surface area contributed by atoms with Crippen LogP contribution in [0.1, 0.15) is 30.5 Å². The minimum Gasteiger partial charge on any atom is -0.356 e. The van der Waals surface area contributed by atoms with Gasteiger partial charge in [-0.05, 0) is 62.9 Å². The molecular formula is C24H27FN4O2. The average molecular weight is 423 g/mol. The molecule has 0 saturated carbocycles. The fourth-order valence-corrected chi connectivity index (χ4v) is 5.03. The Morgan fingerprint density at radius 2 is 2.00 bits per heavy atom. The lowest BCUT2D eigenvalue weighted by Gasteiger charge is -2.43. The maximum absolute atomic E-state index is 13.3. The number of carbonyl (C=O) groups is 1. The molecule has 2 aliphatic heterocycles. The Morgan fingerprint density at radius 3 is 2.81 bits per heavy atom. The molecule has 3 aromatic rings. The molecule has 3 heterocycles. The molecule has 5 rings (SSSR count). The predicted octanol–water partition coefficient (Wildman–Crippen LogP) is 3.64. The molecule has 2 aromatic carbocycles. The molecule has 31 heavy (non-hydrogen) atoms. The summed E-state index contributed by atoms with van der Waals surface area (Å²) in [6.07, 6.45) is 3.37. The molecule has 1 spiro atoms. The number of likely N-dealkylation sites (tertiary alicyclic amines) is 1. The number of nitrogens with zero attached hydrogens (tertiary/aromatic N) is 3. The molecular weight excluding hydrogens is 395 g/mol. The normalized spacial score (nSPS) is 18.8. The van der Waals surface area contributed by atoms with Crippen LogP contribution in [0, 0.1) is 12.7 Å². The van der Waals surface area contributed by atoms with Gasteiger partial charge in [0.05, 0.1) is 12.4 Å². The van der Waals surface area contributed by atoms with Gasteiger partial charge in [-0.1, -0.05) is 23.4 Å². The number of aryl methyl sites for hydroxylation is 2. The highest BCUT2D eigenvalue weighted by Crippen LogP contribution is 2.37. The van der Waals surface area contributed by atoms with Crippen molar-refractivity contribution in [3.8, 4) is 0 Å². The molecule has 2 aliphatic rings. The molecule has 6 nitrogen and oxygen atoms in total. The third kappa shape index (κ3) is 3.57. The van der Waals surface area contributed by atoms with E-state index in [0.717, 1.165) is 62.1 Å². The van der Waals surface area contributed by atoms with E-state index in [4.69, 9.17) is 4.52 Å². The Kier molecular flexibility index (Phi) is 5.14. The summed E-state index contributed by atoms with van der Waals surface area (Å²) < 4.78 is 18.6. The molecule has 2 saturated heterocycles. The number of fused-ring (bicyclic) bond motifs is 1. The van der Waals surface area contributed by atoms with Gasteiger partial charge in [-0.25, -0.2) is 4.39 Å². The van der Waals surface area contributed by atoms with Crippen molar-refractivity contribution in [2.24, 2.45) is 0 Å². The number of benzene rings is 2. The number of carbonyl (C=O) groups excluding carboxylic acids is 1. The van der Waals surface area contributed by atoms with E-state index in [-0.39, 0.29) is 11.7 Å². The van der Waals surface area contributed by atoms with Gasteiger partial charge in [-0.2, -0.15) is 0 Å². The third-order valence-electron chi connectivity index (χ3n) is 6.82. The van der Waals surface area contributed by atoms with Crippen molar-refractivity contribution >= 4 is 22.6 Å². The Balaban J connectivity index is 1.20. The quantitative estimate of drug-likeness (QED) is 0.680. The van der Waals surface area contributed by atoms with E-state index < -0.39 is 5.54 Å². The Hall–Kier alpha value is -2.93. The molecule has 0 unspecified atom stereocenters. The molecule has 1 amide bonds. The Bertz CT molecular complexity index is 1100. The maximum Gasteiger partial charge on any atom is 0.247 e. The highest BCUT2D eigenvalue weighted by molar-refractivity contribution is 5.93. The van der Waals surface area contributed by atoms with Crippen LogP contribution in [0.2, 0.25) is 0 Å². The van der Waals surface area contributed by atoms with Crippen molar-refractivity contribution < 1.29 is 13.7 Å². The second-order valence-corrected chi connectivity index (χ2v) is 8.63. The summed E-state index contributed by atoms with van der Waals surface area (Å²) in [5.74, 6) is -0.162. The fraction of sp³-hybridized carbons (Fsp3) is 0.417. The van der Waals surface area contributed by atoms with Crippen molar-refractivity contribution in [1.82, 2.24) is 15.4 Å². The van der Waals surface area contributed by atoms with Crippen LogP contribution in [0.15, 0.2) is 47.0 Å². The first kappa shape index (κ1) is 20.0. The first-order valence-electron chi connectivity index (χ1n) is 10.9. The van der Waals surface area contributed by atoms with E-state index in [0.29, 0.717) is 12.3 Å². The van der Waals surface area contributed by atoms with E-state index in [1.165, 1.54) is 17.7 Å². The van der Waals surface area contributed by atoms with Crippen LogP contribution in [0.5, 0.6) is 0 Å². The standard InChI is InChI=1S/C24H27FN4O2/c1-17-5-2-3-7-21(17)29-16-26-23(30)24(29)10-13-28(14-11-24)12-4-6-20-19-9-8-18(25)15-22(19)31-27-20/h2-3,5,7-9,15H,4,6,10-14,16H2,1H3,(H,26,30). The van der Waals surface area contributed by atoms with Crippen molar-refractivity contribution in [1.29, 1.82) is 0 Å². The van der Waals surface area contributed by atoms with Gasteiger partial charge in [0, 0.05) is 30.2 Å². The predicted molar refractivity (Wildman–Crippen MR) is 117 cm³/mol. The Labute approximate surface area is 181 Å². The van der Waals surface area contributed by atoms with Crippen LogP contribution >= 0.6 is 0 Å². The molecule has 0 radical (unpaired) electrons. The molecule has 1 N–H and O–H groups in total. The number of rotatable bonds is 5. The van der Waals surface area contributed by atoms with Crippen molar-refractivity contribution in [3.05, 3.63) is 59.5 Å². The van der Waals surface area contributed by atoms with Crippen molar-refractivity contribution in [3.63, 3.8) is 0 Å². The summed E-state index contributed by atoms with van der Waals surface area (Å²) in [5.41, 5.74) is 3.27. The Morgan fingerprint density at radius 1 is 1.19 bits per heavy atom. The van der Waals surface area contributed by atoms with Crippen LogP contribution in [-0.2, 0) is 11.2 Å². The van der Waals surface area contributed by atoms with Crippen LogP contribution in [-0.4, -0.2) is 47.8 Å². The number of nitrogens with one attached hydrogen (secondary N) is 1. The highest BCUT2D eigenvalue weighted by atomic mass is 19.1. The average Bonchev–Trinajstić information content (AvgIpc) is 3.31. The minimum absolute atomic E-state index is 0.150. The van der Waals surface area contributed by atoms with Crippen LogP contribution < -0.4 is 10.2 Å². The molecule has 0 aliphatic carbocycles. The highest BCUT2D eigenvalue weighted by Gasteiger charge is 2.50. The number of halogens is 1. The SMILES string of the molecule is Cc1ccccc1N1CNC(=O)C12CCN(CCCc1noc3cc(F)ccc13)CC2. The van der Waals surface area contributed by atoms with Crippen molar-refractivity contribution in [2.75, 3.05) is 31.2 Å². The number of hydrogen-bond acceptors (Lipinski definition) is 5. The number of amides is 1. The smallest absolute Gasteiger partial charge is 0.247 e. The van der Waals surface area contributed by atoms with E-state index in [2.05, 4.69) is 39.3 Å². The lowest BCUT2D eigenvalue weighted by Crippen LogP contribution is -2.56. The number of piperidine rings is 1. The molecule has 2 fully saturated rings. The largest absolute Gasteiger partial charge is 0.356 e. The van der Waals surface area contributed by atoms with Crippen LogP contribution in [0.4, 0.5) is 10.1 Å². The third-order valence-corrected chi connectivity index (χ3v) is 6.82. The van der Waals surface area contributed by atoms with Gasteiger partial charge in [0.1, 0.15) is 11.4 Å². The molecule has 0 atom stereocenters. The lowest BCUT2D eigenvalue weighted by molar-refractivity contribution is -0.125. The van der Waals surface area contributed by atoms with Gasteiger partial charge in [0.15, 0.2) is 5.58 Å². The van der Waals surface area contributed by atoms with Crippen molar-refractivity contribution in [2.45, 2.75) is 38.1 Å². The zero-order valence-corrected chi connectivity index (χ0v) is 17.7. The summed E-state index contributed by atoms with van der Waals surface area (Å²) in [6.45, 7) is 5.39. The monoisotopic (exact) mass is 422 g/mol. The molecule has 162 valence electrons. The zero-order valence-electron chi connectivity index (χ0n) is 17.7. The van der Waals surface area contributed by atoms with Crippen LogP contribution in [0.25, 0.3) is 11.0 Å². The number of hydrogen-bond donors (Lipinski definition) is 1. The van der Waals surface area contributed by atoms with Gasteiger partial charge >= 0.3 is 0 Å². The summed E-state index contributed by atoms with van der Waals surface area (Å²) >= 11 is 0. The second-order valence-electron chi connectivity index (χ2n) is 8.63. The lowest BCUT2D eigenvalue weighted by atomic mass is 9.85. The van der Waals surface area contributed by atoms with E-state index in [1.54, 1.807) is 6.07 Å². The molecule has 1 aromatic heterocycles. The number of aromatic nitrogens is 1. The summed E-state index contributed by atoms with van der Waals surface area (Å²) in [6, 6.07) is 12.8. The van der Waals surface area contributed by atoms with Gasteiger partial charge in [0.2, 0.25) is 5.91 Å². The van der Waals surface area contributed by atoms with E-state index in [1.807, 2.05) is 12.1 Å². The fourth-order valence-electron chi connectivity index (χ4n) is 5.03. The molecule has 7 heteroatoms. The zero-order chi connectivity index (χ0) is 21.4. The summed E-state index contributed by atoms with van der Waals surface area (Å²) in [7, 11) is 0.